The van der Waals surface area contributed by atoms with Gasteiger partial charge in [-0.1, -0.05) is 6.07 Å². The maximum atomic E-state index is 10.1. The van der Waals surface area contributed by atoms with Gasteiger partial charge in [-0.05, 0) is 25.0 Å². The highest BCUT2D eigenvalue weighted by atomic mass is 16.4. The Balaban J connectivity index is 0.000000146. The van der Waals surface area contributed by atoms with E-state index in [0.717, 1.165) is 25.9 Å². The van der Waals surface area contributed by atoms with E-state index in [9.17, 15) is 4.79 Å². The molecule has 2 heterocycles. The molecule has 0 radical (unpaired) electrons. The van der Waals surface area contributed by atoms with Crippen molar-refractivity contribution in [2.75, 3.05) is 13.1 Å². The average Bonchev–Trinajstić information content (AvgIpc) is 2.74. The van der Waals surface area contributed by atoms with Gasteiger partial charge in [-0.25, -0.2) is 4.79 Å². The van der Waals surface area contributed by atoms with E-state index in [1.807, 2.05) is 18.2 Å². The van der Waals surface area contributed by atoms with Crippen LogP contribution in [0.3, 0.4) is 0 Å². The van der Waals surface area contributed by atoms with E-state index >= 15 is 0 Å². The van der Waals surface area contributed by atoms with E-state index in [1.165, 1.54) is 4.90 Å². The summed E-state index contributed by atoms with van der Waals surface area (Å²) in [5, 5.41) is 8.34. The van der Waals surface area contributed by atoms with Gasteiger partial charge in [-0.15, -0.1) is 0 Å². The van der Waals surface area contributed by atoms with Gasteiger partial charge in [0.1, 0.15) is 0 Å². The summed E-state index contributed by atoms with van der Waals surface area (Å²) in [7, 11) is 0. The average molecular weight is 194 g/mol. The summed E-state index contributed by atoms with van der Waals surface area (Å²) in [5.41, 5.74) is 0. The number of amides is 1. The summed E-state index contributed by atoms with van der Waals surface area (Å²) < 4.78 is 0. The predicted molar refractivity (Wildman–Crippen MR) is 53.1 cm³/mol. The molecule has 14 heavy (non-hydrogen) atoms. The minimum absolute atomic E-state index is 0.731. The van der Waals surface area contributed by atoms with Gasteiger partial charge in [0.25, 0.3) is 0 Å². The first-order valence-corrected chi connectivity index (χ1v) is 4.63. The second-order valence-corrected chi connectivity index (χ2v) is 3.00. The Bertz CT molecular complexity index is 231. The zero-order valence-electron chi connectivity index (χ0n) is 7.97. The molecule has 1 aliphatic heterocycles. The van der Waals surface area contributed by atoms with Gasteiger partial charge < -0.3 is 10.0 Å². The molecular weight excluding hydrogens is 180 g/mol. The van der Waals surface area contributed by atoms with E-state index in [2.05, 4.69) is 4.98 Å². The molecule has 4 nitrogen and oxygen atoms in total. The van der Waals surface area contributed by atoms with Gasteiger partial charge in [-0.2, -0.15) is 0 Å². The molecule has 4 heteroatoms. The Kier molecular flexibility index (Phi) is 4.47. The number of carbonyl (C=O) groups is 1. The van der Waals surface area contributed by atoms with Gasteiger partial charge in [-0.3, -0.25) is 4.98 Å². The van der Waals surface area contributed by atoms with Crippen molar-refractivity contribution in [3.63, 3.8) is 0 Å². The van der Waals surface area contributed by atoms with E-state index in [0.29, 0.717) is 0 Å². The minimum Gasteiger partial charge on any atom is -0.465 e. The smallest absolute Gasteiger partial charge is 0.407 e. The highest BCUT2D eigenvalue weighted by molar-refractivity contribution is 5.65. The first kappa shape index (κ1) is 10.5. The number of hydrogen-bond acceptors (Lipinski definition) is 2. The first-order chi connectivity index (χ1) is 6.80. The summed E-state index contributed by atoms with van der Waals surface area (Å²) >= 11 is 0. The molecule has 0 bridgehead atoms. The van der Waals surface area contributed by atoms with Crippen molar-refractivity contribution in [2.45, 2.75) is 12.8 Å². The molecule has 1 aromatic heterocycles. The van der Waals surface area contributed by atoms with Crippen molar-refractivity contribution in [2.24, 2.45) is 0 Å². The number of hydrogen-bond donors (Lipinski definition) is 1. The van der Waals surface area contributed by atoms with E-state index < -0.39 is 6.09 Å². The molecule has 0 aromatic carbocycles. The number of carboxylic acid groups (broad SMARTS) is 1. The van der Waals surface area contributed by atoms with E-state index in [1.54, 1.807) is 12.4 Å². The lowest BCUT2D eigenvalue weighted by atomic mass is 10.4. The third-order valence-corrected chi connectivity index (χ3v) is 1.94. The van der Waals surface area contributed by atoms with Crippen LogP contribution in [-0.2, 0) is 0 Å². The molecule has 0 unspecified atom stereocenters. The zero-order valence-corrected chi connectivity index (χ0v) is 7.97. The number of pyridine rings is 1. The van der Waals surface area contributed by atoms with Gasteiger partial charge >= 0.3 is 6.09 Å². The number of likely N-dealkylation sites (tertiary alicyclic amines) is 1. The van der Waals surface area contributed by atoms with E-state index in [-0.39, 0.29) is 0 Å². The molecule has 0 aliphatic carbocycles. The molecule has 0 atom stereocenters. The number of aromatic nitrogens is 1. The monoisotopic (exact) mass is 194 g/mol. The molecule has 1 aliphatic rings. The van der Waals surface area contributed by atoms with Crippen molar-refractivity contribution in [3.05, 3.63) is 30.6 Å². The fourth-order valence-corrected chi connectivity index (χ4v) is 1.22. The summed E-state index contributed by atoms with van der Waals surface area (Å²) in [5.74, 6) is 0. The van der Waals surface area contributed by atoms with Gasteiger partial charge in [0.05, 0.1) is 0 Å². The molecular formula is C10H14N2O2. The Morgan fingerprint density at radius 2 is 1.71 bits per heavy atom. The molecule has 1 N–H and O–H groups in total. The van der Waals surface area contributed by atoms with Crippen LogP contribution < -0.4 is 0 Å². The number of rotatable bonds is 0. The maximum absolute atomic E-state index is 10.1. The lowest BCUT2D eigenvalue weighted by Crippen LogP contribution is -2.25. The summed E-state index contributed by atoms with van der Waals surface area (Å²) in [6.45, 7) is 1.46. The summed E-state index contributed by atoms with van der Waals surface area (Å²) in [6.07, 6.45) is 4.79. The topological polar surface area (TPSA) is 53.4 Å². The van der Waals surface area contributed by atoms with Crippen LogP contribution in [0.25, 0.3) is 0 Å². The van der Waals surface area contributed by atoms with Crippen LogP contribution in [0.2, 0.25) is 0 Å². The number of nitrogens with zero attached hydrogens (tertiary/aromatic N) is 2. The van der Waals surface area contributed by atoms with Gasteiger partial charge in [0.15, 0.2) is 0 Å². The second kappa shape index (κ2) is 5.96. The van der Waals surface area contributed by atoms with Crippen LogP contribution in [0.4, 0.5) is 4.79 Å². The standard InChI is InChI=1S/C5H9NO2.C5H5N/c7-5(8)6-3-1-2-4-6;1-2-4-6-5-3-1/h1-4H2,(H,7,8);1-5H. The maximum Gasteiger partial charge on any atom is 0.407 e. The Morgan fingerprint density at radius 3 is 1.93 bits per heavy atom. The summed E-state index contributed by atoms with van der Waals surface area (Å²) in [6, 6.07) is 5.72. The molecule has 1 saturated heterocycles. The molecule has 76 valence electrons. The fourth-order valence-electron chi connectivity index (χ4n) is 1.22. The van der Waals surface area contributed by atoms with Crippen molar-refractivity contribution >= 4 is 6.09 Å². The van der Waals surface area contributed by atoms with E-state index in [4.69, 9.17) is 5.11 Å². The highest BCUT2D eigenvalue weighted by Crippen LogP contribution is 2.05. The van der Waals surface area contributed by atoms with Crippen LogP contribution in [0.15, 0.2) is 30.6 Å². The van der Waals surface area contributed by atoms with Crippen molar-refractivity contribution in [1.82, 2.24) is 9.88 Å². The van der Waals surface area contributed by atoms with Gasteiger partial charge in [0.2, 0.25) is 0 Å². The van der Waals surface area contributed by atoms with Crippen LogP contribution >= 0.6 is 0 Å². The van der Waals surface area contributed by atoms with Crippen LogP contribution in [0.1, 0.15) is 12.8 Å². The van der Waals surface area contributed by atoms with Crippen molar-refractivity contribution < 1.29 is 9.90 Å². The third kappa shape index (κ3) is 3.89. The Hall–Kier alpha value is -1.58. The zero-order chi connectivity index (χ0) is 10.2. The predicted octanol–water partition coefficient (Wildman–Crippen LogP) is 1.84. The molecule has 1 fully saturated rings. The van der Waals surface area contributed by atoms with Gasteiger partial charge in [0, 0.05) is 25.5 Å². The van der Waals surface area contributed by atoms with Crippen LogP contribution in [-0.4, -0.2) is 34.2 Å². The van der Waals surface area contributed by atoms with Crippen molar-refractivity contribution in [1.29, 1.82) is 0 Å². The second-order valence-electron chi connectivity index (χ2n) is 3.00. The Morgan fingerprint density at radius 1 is 1.14 bits per heavy atom. The molecule has 1 aromatic rings. The van der Waals surface area contributed by atoms with Crippen LogP contribution in [0.5, 0.6) is 0 Å². The normalized spacial score (nSPS) is 14.4. The largest absolute Gasteiger partial charge is 0.465 e. The molecule has 1 amide bonds. The molecule has 0 spiro atoms. The fraction of sp³-hybridized carbons (Fsp3) is 0.400. The first-order valence-electron chi connectivity index (χ1n) is 4.63. The highest BCUT2D eigenvalue weighted by Gasteiger charge is 2.15. The quantitative estimate of drug-likeness (QED) is 0.685. The third-order valence-electron chi connectivity index (χ3n) is 1.94. The molecule has 0 saturated carbocycles. The van der Waals surface area contributed by atoms with Crippen LogP contribution in [0, 0.1) is 0 Å². The Labute approximate surface area is 83.2 Å². The van der Waals surface area contributed by atoms with Crippen molar-refractivity contribution in [3.8, 4) is 0 Å². The lowest BCUT2D eigenvalue weighted by Gasteiger charge is -2.07. The minimum atomic E-state index is -0.775. The lowest BCUT2D eigenvalue weighted by molar-refractivity contribution is 0.156. The molecule has 2 rings (SSSR count). The SMILES string of the molecule is O=C(O)N1CCCC1.c1ccncc1. The summed E-state index contributed by atoms with van der Waals surface area (Å²) in [4.78, 5) is 15.4.